The standard InChI is InChI=1S/C27H31N5O3/c1-6-23(26(33)28-16-20-12-14-22(15-13-20)35-17(2)3)32-27(34)24-19(5)31(21-10-8-7-9-11-21)30-25(24)18(4)29-32/h7-15,17,23H,6,16H2,1-5H3,(H,28,33)/t23-/m1/s1. The molecule has 8 heteroatoms. The molecule has 0 aliphatic rings. The molecule has 0 radical (unpaired) electrons. The summed E-state index contributed by atoms with van der Waals surface area (Å²) in [4.78, 5) is 26.6. The molecule has 1 atom stereocenters. The predicted octanol–water partition coefficient (Wildman–Crippen LogP) is 4.25. The van der Waals surface area contributed by atoms with Crippen LogP contribution in [-0.4, -0.2) is 31.6 Å². The van der Waals surface area contributed by atoms with Crippen LogP contribution < -0.4 is 15.6 Å². The van der Waals surface area contributed by atoms with E-state index in [-0.39, 0.29) is 17.6 Å². The lowest BCUT2D eigenvalue weighted by Crippen LogP contribution is -2.38. The Morgan fingerprint density at radius 2 is 1.71 bits per heavy atom. The van der Waals surface area contributed by atoms with Crippen LogP contribution in [0.3, 0.4) is 0 Å². The maximum atomic E-state index is 13.5. The van der Waals surface area contributed by atoms with E-state index >= 15 is 0 Å². The Bertz CT molecular complexity index is 1390. The summed E-state index contributed by atoms with van der Waals surface area (Å²) in [6.07, 6.45) is 0.525. The molecule has 4 rings (SSSR count). The average Bonchev–Trinajstić information content (AvgIpc) is 3.20. The number of nitrogens with one attached hydrogen (secondary N) is 1. The molecule has 4 aromatic rings. The summed E-state index contributed by atoms with van der Waals surface area (Å²) in [6.45, 7) is 9.84. The van der Waals surface area contributed by atoms with Gasteiger partial charge in [0, 0.05) is 6.54 Å². The van der Waals surface area contributed by atoms with Crippen LogP contribution in [0.15, 0.2) is 59.4 Å². The van der Waals surface area contributed by atoms with Gasteiger partial charge in [-0.25, -0.2) is 9.36 Å². The average molecular weight is 474 g/mol. The summed E-state index contributed by atoms with van der Waals surface area (Å²) < 4.78 is 8.72. The van der Waals surface area contributed by atoms with Gasteiger partial charge in [-0.15, -0.1) is 0 Å². The third-order valence-electron chi connectivity index (χ3n) is 5.89. The first-order chi connectivity index (χ1) is 16.8. The highest BCUT2D eigenvalue weighted by Gasteiger charge is 2.25. The van der Waals surface area contributed by atoms with E-state index in [0.29, 0.717) is 29.6 Å². The lowest BCUT2D eigenvalue weighted by molar-refractivity contribution is -0.125. The zero-order valence-corrected chi connectivity index (χ0v) is 20.8. The minimum Gasteiger partial charge on any atom is -0.491 e. The van der Waals surface area contributed by atoms with Gasteiger partial charge in [0.25, 0.3) is 5.56 Å². The molecule has 2 aromatic heterocycles. The first-order valence-corrected chi connectivity index (χ1v) is 11.9. The second-order valence-corrected chi connectivity index (χ2v) is 8.84. The molecule has 0 bridgehead atoms. The van der Waals surface area contributed by atoms with Crippen LogP contribution in [-0.2, 0) is 11.3 Å². The van der Waals surface area contributed by atoms with Gasteiger partial charge in [0.2, 0.25) is 5.91 Å². The van der Waals surface area contributed by atoms with Crippen LogP contribution in [0.5, 0.6) is 5.75 Å². The molecule has 35 heavy (non-hydrogen) atoms. The van der Waals surface area contributed by atoms with Crippen LogP contribution >= 0.6 is 0 Å². The highest BCUT2D eigenvalue weighted by Crippen LogP contribution is 2.21. The molecule has 0 aliphatic carbocycles. The van der Waals surface area contributed by atoms with Crippen LogP contribution in [0.2, 0.25) is 0 Å². The van der Waals surface area contributed by atoms with E-state index in [1.165, 1.54) is 4.68 Å². The minimum absolute atomic E-state index is 0.0981. The summed E-state index contributed by atoms with van der Waals surface area (Å²) in [6, 6.07) is 16.5. The van der Waals surface area contributed by atoms with Gasteiger partial charge >= 0.3 is 0 Å². The predicted molar refractivity (Wildman–Crippen MR) is 136 cm³/mol. The third-order valence-corrected chi connectivity index (χ3v) is 5.89. The lowest BCUT2D eigenvalue weighted by Gasteiger charge is -2.17. The third kappa shape index (κ3) is 4.96. The second kappa shape index (κ2) is 10.1. The molecule has 2 aromatic carbocycles. The minimum atomic E-state index is -0.728. The summed E-state index contributed by atoms with van der Waals surface area (Å²) in [5.74, 6) is 0.531. The van der Waals surface area contributed by atoms with E-state index in [1.807, 2.05) is 89.2 Å². The van der Waals surface area contributed by atoms with E-state index in [4.69, 9.17) is 4.74 Å². The number of hydrogen-bond donors (Lipinski definition) is 1. The Hall–Kier alpha value is -3.94. The van der Waals surface area contributed by atoms with Crippen molar-refractivity contribution in [3.05, 3.63) is 81.9 Å². The largest absolute Gasteiger partial charge is 0.491 e. The van der Waals surface area contributed by atoms with Crippen molar-refractivity contribution in [2.45, 2.75) is 59.7 Å². The van der Waals surface area contributed by atoms with Crippen LogP contribution in [0.25, 0.3) is 16.6 Å². The van der Waals surface area contributed by atoms with Crippen LogP contribution in [0.4, 0.5) is 0 Å². The Kier molecular flexibility index (Phi) is 7.00. The van der Waals surface area contributed by atoms with E-state index in [1.54, 1.807) is 4.68 Å². The Morgan fingerprint density at radius 1 is 1.03 bits per heavy atom. The van der Waals surface area contributed by atoms with Crippen molar-refractivity contribution >= 4 is 16.8 Å². The lowest BCUT2D eigenvalue weighted by atomic mass is 10.1. The van der Waals surface area contributed by atoms with E-state index < -0.39 is 6.04 Å². The molecular weight excluding hydrogens is 442 g/mol. The highest BCUT2D eigenvalue weighted by atomic mass is 16.5. The Morgan fingerprint density at radius 3 is 2.34 bits per heavy atom. The molecule has 0 spiro atoms. The molecule has 2 heterocycles. The number of hydrogen-bond acceptors (Lipinski definition) is 5. The number of carbonyl (C=O) groups excluding carboxylic acids is 1. The number of aryl methyl sites for hydroxylation is 2. The summed E-state index contributed by atoms with van der Waals surface area (Å²) >= 11 is 0. The smallest absolute Gasteiger partial charge is 0.278 e. The second-order valence-electron chi connectivity index (χ2n) is 8.84. The van der Waals surface area contributed by atoms with Crippen LogP contribution in [0.1, 0.15) is 50.2 Å². The maximum Gasteiger partial charge on any atom is 0.278 e. The Balaban J connectivity index is 1.60. The number of benzene rings is 2. The van der Waals surface area contributed by atoms with Crippen molar-refractivity contribution in [1.29, 1.82) is 0 Å². The SMILES string of the molecule is CC[C@H](C(=O)NCc1ccc(OC(C)C)cc1)n1nc(C)c2nn(-c3ccccc3)c(C)c2c1=O. The number of nitrogens with zero attached hydrogens (tertiary/aromatic N) is 4. The van der Waals surface area contributed by atoms with E-state index in [0.717, 1.165) is 22.7 Å². The molecule has 0 aliphatic heterocycles. The van der Waals surface area contributed by atoms with Crippen LogP contribution in [0, 0.1) is 13.8 Å². The summed E-state index contributed by atoms with van der Waals surface area (Å²) in [5.41, 5.74) is 3.35. The van der Waals surface area contributed by atoms with Gasteiger partial charge in [-0.1, -0.05) is 37.3 Å². The van der Waals surface area contributed by atoms with Gasteiger partial charge in [-0.05, 0) is 63.9 Å². The number of fused-ring (bicyclic) bond motifs is 1. The number of rotatable bonds is 8. The monoisotopic (exact) mass is 473 g/mol. The van der Waals surface area contributed by atoms with Crippen molar-refractivity contribution in [2.24, 2.45) is 0 Å². The van der Waals surface area contributed by atoms with Crippen molar-refractivity contribution in [3.8, 4) is 11.4 Å². The number of ether oxygens (including phenoxy) is 1. The zero-order valence-electron chi connectivity index (χ0n) is 20.8. The topological polar surface area (TPSA) is 91.0 Å². The molecule has 8 nitrogen and oxygen atoms in total. The van der Waals surface area contributed by atoms with Gasteiger partial charge < -0.3 is 10.1 Å². The van der Waals surface area contributed by atoms with Crippen molar-refractivity contribution in [1.82, 2.24) is 24.9 Å². The fraction of sp³-hybridized carbons (Fsp3) is 0.333. The highest BCUT2D eigenvalue weighted by molar-refractivity contribution is 5.84. The summed E-state index contributed by atoms with van der Waals surface area (Å²) in [5, 5.41) is 12.6. The van der Waals surface area contributed by atoms with Gasteiger partial charge in [0.15, 0.2) is 0 Å². The summed E-state index contributed by atoms with van der Waals surface area (Å²) in [7, 11) is 0. The number of carbonyl (C=O) groups is 1. The number of para-hydroxylation sites is 1. The maximum absolute atomic E-state index is 13.5. The first-order valence-electron chi connectivity index (χ1n) is 11.9. The van der Waals surface area contributed by atoms with Gasteiger partial charge in [-0.3, -0.25) is 9.59 Å². The Labute approximate surface area is 204 Å². The van der Waals surface area contributed by atoms with Crippen molar-refractivity contribution < 1.29 is 9.53 Å². The molecule has 0 unspecified atom stereocenters. The molecule has 0 saturated carbocycles. The van der Waals surface area contributed by atoms with E-state index in [2.05, 4.69) is 15.5 Å². The first kappa shape index (κ1) is 24.2. The van der Waals surface area contributed by atoms with Crippen molar-refractivity contribution in [3.63, 3.8) is 0 Å². The molecule has 0 saturated heterocycles. The fourth-order valence-corrected chi connectivity index (χ4v) is 4.15. The molecule has 1 amide bonds. The quantitative estimate of drug-likeness (QED) is 0.413. The van der Waals surface area contributed by atoms with Crippen molar-refractivity contribution in [2.75, 3.05) is 0 Å². The normalized spacial score (nSPS) is 12.2. The van der Waals surface area contributed by atoms with E-state index in [9.17, 15) is 9.59 Å². The zero-order chi connectivity index (χ0) is 25.1. The molecular formula is C27H31N5O3. The molecule has 182 valence electrons. The number of aromatic nitrogens is 4. The van der Waals surface area contributed by atoms with Gasteiger partial charge in [0.1, 0.15) is 17.3 Å². The fourth-order valence-electron chi connectivity index (χ4n) is 4.15. The molecule has 0 fully saturated rings. The number of amides is 1. The van der Waals surface area contributed by atoms with Gasteiger partial charge in [-0.2, -0.15) is 10.2 Å². The van der Waals surface area contributed by atoms with Gasteiger partial charge in [0.05, 0.1) is 28.6 Å². The molecule has 1 N–H and O–H groups in total.